The maximum absolute atomic E-state index is 5.78. The van der Waals surface area contributed by atoms with Crippen LogP contribution in [-0.2, 0) is 0 Å². The molecule has 0 radical (unpaired) electrons. The van der Waals surface area contributed by atoms with E-state index in [1.54, 1.807) is 0 Å². The summed E-state index contributed by atoms with van der Waals surface area (Å²) in [7, 11) is 2.27. The van der Waals surface area contributed by atoms with Crippen molar-refractivity contribution in [3.63, 3.8) is 0 Å². The lowest BCUT2D eigenvalue weighted by atomic mass is 10.1. The summed E-state index contributed by atoms with van der Waals surface area (Å²) in [6.07, 6.45) is 4.09. The van der Waals surface area contributed by atoms with E-state index in [1.807, 2.05) is 0 Å². The third-order valence-electron chi connectivity index (χ3n) is 3.50. The maximum atomic E-state index is 5.78. The Kier molecular flexibility index (Phi) is 2.86. The van der Waals surface area contributed by atoms with Gasteiger partial charge in [0.05, 0.1) is 0 Å². The Morgan fingerprint density at radius 3 is 2.77 bits per heavy atom. The molecule has 2 nitrogen and oxygen atoms in total. The van der Waals surface area contributed by atoms with Gasteiger partial charge in [0, 0.05) is 18.3 Å². The first-order chi connectivity index (χ1) is 6.26. The van der Waals surface area contributed by atoms with E-state index in [9.17, 15) is 0 Å². The topological polar surface area (TPSA) is 29.3 Å². The maximum Gasteiger partial charge on any atom is 0.0191 e. The molecule has 76 valence electrons. The molecule has 3 heteroatoms. The van der Waals surface area contributed by atoms with E-state index in [2.05, 4.69) is 23.7 Å². The predicted octanol–water partition coefficient (Wildman–Crippen LogP) is 1.16. The molecule has 1 unspecified atom stereocenters. The average Bonchev–Trinajstić information content (AvgIpc) is 2.69. The van der Waals surface area contributed by atoms with Crippen LogP contribution in [0.15, 0.2) is 0 Å². The van der Waals surface area contributed by atoms with Gasteiger partial charge in [-0.15, -0.1) is 0 Å². The van der Waals surface area contributed by atoms with Gasteiger partial charge in [-0.3, -0.25) is 0 Å². The van der Waals surface area contributed by atoms with Crippen molar-refractivity contribution < 1.29 is 0 Å². The van der Waals surface area contributed by atoms with Gasteiger partial charge in [-0.1, -0.05) is 0 Å². The van der Waals surface area contributed by atoms with Gasteiger partial charge >= 0.3 is 0 Å². The van der Waals surface area contributed by atoms with Crippen LogP contribution in [0.25, 0.3) is 0 Å². The third-order valence-corrected chi connectivity index (χ3v) is 4.65. The average molecular weight is 200 g/mol. The van der Waals surface area contributed by atoms with E-state index in [1.165, 1.54) is 37.3 Å². The fourth-order valence-electron chi connectivity index (χ4n) is 2.13. The molecule has 2 N–H and O–H groups in total. The molecule has 13 heavy (non-hydrogen) atoms. The molecule has 1 aliphatic heterocycles. The Morgan fingerprint density at radius 2 is 2.31 bits per heavy atom. The molecule has 1 atom stereocenters. The van der Waals surface area contributed by atoms with Crippen molar-refractivity contribution in [1.29, 1.82) is 0 Å². The van der Waals surface area contributed by atoms with Gasteiger partial charge in [-0.2, -0.15) is 11.8 Å². The zero-order valence-electron chi connectivity index (χ0n) is 8.46. The molecular weight excluding hydrogens is 180 g/mol. The van der Waals surface area contributed by atoms with Crippen molar-refractivity contribution in [2.45, 2.75) is 25.3 Å². The summed E-state index contributed by atoms with van der Waals surface area (Å²) in [5.74, 6) is 2.68. The fourth-order valence-corrected chi connectivity index (χ4v) is 3.43. The highest BCUT2D eigenvalue weighted by Crippen LogP contribution is 2.45. The monoisotopic (exact) mass is 200 g/mol. The minimum Gasteiger partial charge on any atom is -0.330 e. The summed E-state index contributed by atoms with van der Waals surface area (Å²) in [6.45, 7) is 2.12. The Hall–Kier alpha value is 0.270. The third kappa shape index (κ3) is 2.20. The molecule has 0 aromatic heterocycles. The molecule has 0 aromatic rings. The zero-order chi connectivity index (χ0) is 9.31. The van der Waals surface area contributed by atoms with Crippen LogP contribution in [0.4, 0.5) is 0 Å². The van der Waals surface area contributed by atoms with Crippen LogP contribution in [0.2, 0.25) is 0 Å². The van der Waals surface area contributed by atoms with Crippen LogP contribution in [0.5, 0.6) is 0 Å². The highest BCUT2D eigenvalue weighted by molar-refractivity contribution is 7.99. The van der Waals surface area contributed by atoms with Gasteiger partial charge in [0.15, 0.2) is 0 Å². The molecule has 2 aliphatic rings. The summed E-state index contributed by atoms with van der Waals surface area (Å²) in [5.41, 5.74) is 6.30. The van der Waals surface area contributed by atoms with E-state index in [0.29, 0.717) is 5.41 Å². The van der Waals surface area contributed by atoms with Gasteiger partial charge in [0.25, 0.3) is 0 Å². The summed E-state index contributed by atoms with van der Waals surface area (Å²) in [5, 5.41) is 0. The number of hydrogen-bond donors (Lipinski definition) is 1. The lowest BCUT2D eigenvalue weighted by Gasteiger charge is -2.27. The standard InChI is InChI=1S/C10H20N2S/c1-12(9-2-5-13-6-9)8-10(7-11)3-4-10/h9H,2-8,11H2,1H3. The molecular formula is C10H20N2S. The molecule has 2 rings (SSSR count). The highest BCUT2D eigenvalue weighted by Gasteiger charge is 2.42. The molecule has 0 aromatic carbocycles. The largest absolute Gasteiger partial charge is 0.330 e. The van der Waals surface area contributed by atoms with Gasteiger partial charge in [0.1, 0.15) is 0 Å². The van der Waals surface area contributed by atoms with E-state index in [-0.39, 0.29) is 0 Å². The van der Waals surface area contributed by atoms with Crippen LogP contribution in [0, 0.1) is 5.41 Å². The molecule has 1 saturated carbocycles. The van der Waals surface area contributed by atoms with E-state index >= 15 is 0 Å². The van der Waals surface area contributed by atoms with Crippen molar-refractivity contribution in [3.8, 4) is 0 Å². The zero-order valence-corrected chi connectivity index (χ0v) is 9.28. The van der Waals surface area contributed by atoms with Gasteiger partial charge in [-0.25, -0.2) is 0 Å². The first kappa shape index (κ1) is 9.81. The highest BCUT2D eigenvalue weighted by atomic mass is 32.2. The number of thioether (sulfide) groups is 1. The second kappa shape index (κ2) is 3.79. The SMILES string of the molecule is CN(CC1(CN)CC1)C1CCSC1. The summed E-state index contributed by atoms with van der Waals surface area (Å²) >= 11 is 2.09. The van der Waals surface area contributed by atoms with Crippen LogP contribution in [-0.4, -0.2) is 42.6 Å². The number of nitrogens with zero attached hydrogens (tertiary/aromatic N) is 1. The second-order valence-corrected chi connectivity index (χ2v) is 5.79. The molecule has 0 amide bonds. The van der Waals surface area contributed by atoms with Crippen LogP contribution in [0.3, 0.4) is 0 Å². The van der Waals surface area contributed by atoms with Crippen molar-refractivity contribution in [2.75, 3.05) is 31.6 Å². The second-order valence-electron chi connectivity index (χ2n) is 4.64. The van der Waals surface area contributed by atoms with Crippen LogP contribution >= 0.6 is 11.8 Å². The fraction of sp³-hybridized carbons (Fsp3) is 1.00. The molecule has 0 spiro atoms. The lowest BCUT2D eigenvalue weighted by molar-refractivity contribution is 0.213. The van der Waals surface area contributed by atoms with Crippen LogP contribution < -0.4 is 5.73 Å². The minimum absolute atomic E-state index is 0.516. The first-order valence-electron chi connectivity index (χ1n) is 5.24. The smallest absolute Gasteiger partial charge is 0.0191 e. The Bertz CT molecular complexity index is 174. The van der Waals surface area contributed by atoms with Crippen molar-refractivity contribution in [1.82, 2.24) is 4.90 Å². The van der Waals surface area contributed by atoms with Crippen LogP contribution in [0.1, 0.15) is 19.3 Å². The first-order valence-corrected chi connectivity index (χ1v) is 6.39. The normalized spacial score (nSPS) is 31.2. The Balaban J connectivity index is 1.80. The Labute approximate surface area is 85.2 Å². The molecule has 1 heterocycles. The molecule has 1 aliphatic carbocycles. The van der Waals surface area contributed by atoms with Crippen molar-refractivity contribution in [2.24, 2.45) is 11.1 Å². The van der Waals surface area contributed by atoms with E-state index in [0.717, 1.165) is 12.6 Å². The Morgan fingerprint density at radius 1 is 1.54 bits per heavy atom. The number of hydrogen-bond acceptors (Lipinski definition) is 3. The van der Waals surface area contributed by atoms with E-state index in [4.69, 9.17) is 5.73 Å². The van der Waals surface area contributed by atoms with Gasteiger partial charge in [-0.05, 0) is 44.0 Å². The minimum atomic E-state index is 0.516. The predicted molar refractivity (Wildman–Crippen MR) is 59.1 cm³/mol. The van der Waals surface area contributed by atoms with Gasteiger partial charge in [0.2, 0.25) is 0 Å². The lowest BCUT2D eigenvalue weighted by Crippen LogP contribution is -2.38. The van der Waals surface area contributed by atoms with Gasteiger partial charge < -0.3 is 10.6 Å². The summed E-state index contributed by atoms with van der Waals surface area (Å²) in [4.78, 5) is 2.54. The molecule has 1 saturated heterocycles. The quantitative estimate of drug-likeness (QED) is 0.738. The number of rotatable bonds is 4. The van der Waals surface area contributed by atoms with Crippen molar-refractivity contribution >= 4 is 11.8 Å². The summed E-state index contributed by atoms with van der Waals surface area (Å²) < 4.78 is 0. The molecule has 2 fully saturated rings. The van der Waals surface area contributed by atoms with E-state index < -0.39 is 0 Å². The van der Waals surface area contributed by atoms with Crippen molar-refractivity contribution in [3.05, 3.63) is 0 Å². The summed E-state index contributed by atoms with van der Waals surface area (Å²) in [6, 6.07) is 0.828. The molecule has 0 bridgehead atoms. The number of nitrogens with two attached hydrogens (primary N) is 1.